The summed E-state index contributed by atoms with van der Waals surface area (Å²) in [6.07, 6.45) is 0. The summed E-state index contributed by atoms with van der Waals surface area (Å²) in [4.78, 5) is 37.1. The second kappa shape index (κ2) is 11.3. The third-order valence-corrected chi connectivity index (χ3v) is 6.71. The minimum absolute atomic E-state index is 0.0448. The van der Waals surface area contributed by atoms with E-state index in [9.17, 15) is 19.7 Å². The molecule has 0 saturated heterocycles. The van der Waals surface area contributed by atoms with Gasteiger partial charge in [-0.25, -0.2) is 0 Å². The predicted octanol–water partition coefficient (Wildman–Crippen LogP) is 6.63. The normalized spacial score (nSPS) is 11.4. The summed E-state index contributed by atoms with van der Waals surface area (Å²) in [5.74, 6) is -0.435. The van der Waals surface area contributed by atoms with Gasteiger partial charge in [0.25, 0.3) is 11.6 Å². The smallest absolute Gasteiger partial charge is 0.269 e. The molecule has 0 fully saturated rings. The first kappa shape index (κ1) is 24.7. The molecule has 4 aromatic carbocycles. The largest absolute Gasteiger partial charge is 0.325 e. The van der Waals surface area contributed by atoms with Crippen molar-refractivity contribution >= 4 is 40.6 Å². The molecule has 0 radical (unpaired) electrons. The van der Waals surface area contributed by atoms with Crippen LogP contribution in [0.4, 0.5) is 17.1 Å². The second-order valence-electron chi connectivity index (χ2n) is 8.00. The number of carbonyl (C=O) groups is 2. The molecule has 2 amide bonds. The van der Waals surface area contributed by atoms with E-state index >= 15 is 0 Å². The molecular weight excluding hydrogens is 474 g/mol. The number of amides is 2. The quantitative estimate of drug-likeness (QED) is 0.162. The predicted molar refractivity (Wildman–Crippen MR) is 142 cm³/mol. The zero-order chi connectivity index (χ0) is 25.5. The van der Waals surface area contributed by atoms with Gasteiger partial charge in [-0.3, -0.25) is 19.7 Å². The highest BCUT2D eigenvalue weighted by atomic mass is 32.2. The number of nitro benzene ring substituents is 1. The molecule has 0 aliphatic heterocycles. The molecule has 0 aliphatic carbocycles. The van der Waals surface area contributed by atoms with Crippen LogP contribution in [0, 0.1) is 17.0 Å². The summed E-state index contributed by atoms with van der Waals surface area (Å²) >= 11 is 1.37. The summed E-state index contributed by atoms with van der Waals surface area (Å²) in [5.41, 5.74) is 3.41. The van der Waals surface area contributed by atoms with E-state index in [4.69, 9.17) is 0 Å². The van der Waals surface area contributed by atoms with E-state index in [-0.39, 0.29) is 17.5 Å². The molecule has 0 saturated carbocycles. The average Bonchev–Trinajstić information content (AvgIpc) is 2.89. The monoisotopic (exact) mass is 497 g/mol. The Hall–Kier alpha value is -4.43. The number of nitrogens with zero attached hydrogens (tertiary/aromatic N) is 1. The zero-order valence-electron chi connectivity index (χ0n) is 19.4. The molecule has 0 aromatic heterocycles. The van der Waals surface area contributed by atoms with Gasteiger partial charge in [-0.1, -0.05) is 48.5 Å². The fraction of sp³-hybridized carbons (Fsp3) is 0.0714. The van der Waals surface area contributed by atoms with E-state index in [1.807, 2.05) is 67.6 Å². The zero-order valence-corrected chi connectivity index (χ0v) is 20.2. The number of anilines is 2. The Balaban J connectivity index is 1.48. The van der Waals surface area contributed by atoms with Crippen LogP contribution in [0.3, 0.4) is 0 Å². The number of benzene rings is 4. The highest BCUT2D eigenvalue weighted by molar-refractivity contribution is 8.00. The van der Waals surface area contributed by atoms with Gasteiger partial charge in [-0.2, -0.15) is 0 Å². The molecule has 0 spiro atoms. The van der Waals surface area contributed by atoms with Crippen LogP contribution in [0.2, 0.25) is 0 Å². The number of rotatable bonds is 8. The van der Waals surface area contributed by atoms with Gasteiger partial charge in [0.1, 0.15) is 5.25 Å². The van der Waals surface area contributed by atoms with Gasteiger partial charge in [-0.05, 0) is 60.5 Å². The minimum Gasteiger partial charge on any atom is -0.325 e. The van der Waals surface area contributed by atoms with E-state index in [0.717, 1.165) is 16.0 Å². The van der Waals surface area contributed by atoms with Gasteiger partial charge >= 0.3 is 0 Å². The Morgan fingerprint density at radius 1 is 0.778 bits per heavy atom. The number of aryl methyl sites for hydroxylation is 1. The van der Waals surface area contributed by atoms with Crippen LogP contribution >= 0.6 is 11.8 Å². The van der Waals surface area contributed by atoms with Gasteiger partial charge in [0.15, 0.2) is 0 Å². The van der Waals surface area contributed by atoms with Crippen molar-refractivity contribution in [3.8, 4) is 0 Å². The second-order valence-corrected chi connectivity index (χ2v) is 9.17. The third-order valence-electron chi connectivity index (χ3n) is 5.44. The minimum atomic E-state index is -0.561. The number of nitrogens with one attached hydrogen (secondary N) is 2. The van der Waals surface area contributed by atoms with Crippen molar-refractivity contribution in [1.29, 1.82) is 0 Å². The van der Waals surface area contributed by atoms with Crippen molar-refractivity contribution in [1.82, 2.24) is 0 Å². The molecule has 0 heterocycles. The maximum absolute atomic E-state index is 13.2. The fourth-order valence-corrected chi connectivity index (χ4v) is 4.58. The summed E-state index contributed by atoms with van der Waals surface area (Å²) < 4.78 is 0. The average molecular weight is 498 g/mol. The summed E-state index contributed by atoms with van der Waals surface area (Å²) in [6, 6.07) is 29.8. The molecule has 1 atom stereocenters. The maximum atomic E-state index is 13.2. The van der Waals surface area contributed by atoms with Crippen molar-refractivity contribution in [2.45, 2.75) is 17.1 Å². The van der Waals surface area contributed by atoms with Gasteiger partial charge in [0.2, 0.25) is 5.91 Å². The lowest BCUT2D eigenvalue weighted by Gasteiger charge is -2.17. The number of carbonyl (C=O) groups excluding carboxylic acids is 2. The lowest BCUT2D eigenvalue weighted by molar-refractivity contribution is -0.384. The number of hydrogen-bond acceptors (Lipinski definition) is 5. The van der Waals surface area contributed by atoms with Crippen molar-refractivity contribution in [2.75, 3.05) is 10.6 Å². The van der Waals surface area contributed by atoms with Gasteiger partial charge in [-0.15, -0.1) is 11.8 Å². The van der Waals surface area contributed by atoms with Crippen LogP contribution in [0.15, 0.2) is 108 Å². The molecule has 4 rings (SSSR count). The third kappa shape index (κ3) is 6.17. The Bertz CT molecular complexity index is 1370. The molecular formula is C28H23N3O4S. The van der Waals surface area contributed by atoms with E-state index in [1.54, 1.807) is 18.2 Å². The molecule has 8 heteroatoms. The first-order valence-corrected chi connectivity index (χ1v) is 12.0. The highest BCUT2D eigenvalue weighted by Gasteiger charge is 2.22. The Labute approximate surface area is 212 Å². The van der Waals surface area contributed by atoms with Crippen LogP contribution in [-0.2, 0) is 4.79 Å². The topological polar surface area (TPSA) is 101 Å². The van der Waals surface area contributed by atoms with E-state index in [1.165, 1.54) is 36.0 Å². The lowest BCUT2D eigenvalue weighted by Crippen LogP contribution is -2.19. The van der Waals surface area contributed by atoms with Crippen molar-refractivity contribution in [3.63, 3.8) is 0 Å². The van der Waals surface area contributed by atoms with Crippen molar-refractivity contribution in [2.24, 2.45) is 0 Å². The first-order valence-electron chi connectivity index (χ1n) is 11.1. The molecule has 36 heavy (non-hydrogen) atoms. The SMILES string of the molecule is Cc1ccccc1C(=O)Nc1ccc(SC(C(=O)Nc2ccc([N+](=O)[O-])cc2)c2ccccc2)cc1. The van der Waals surface area contributed by atoms with Gasteiger partial charge in [0, 0.05) is 34.0 Å². The first-order chi connectivity index (χ1) is 17.4. The summed E-state index contributed by atoms with van der Waals surface area (Å²) in [7, 11) is 0. The van der Waals surface area contributed by atoms with Crippen LogP contribution < -0.4 is 10.6 Å². The summed E-state index contributed by atoms with van der Waals surface area (Å²) in [6.45, 7) is 1.89. The van der Waals surface area contributed by atoms with Gasteiger partial charge in [0.05, 0.1) is 4.92 Å². The molecule has 0 bridgehead atoms. The van der Waals surface area contributed by atoms with Crippen LogP contribution in [0.5, 0.6) is 0 Å². The van der Waals surface area contributed by atoms with Crippen molar-refractivity contribution < 1.29 is 14.5 Å². The van der Waals surface area contributed by atoms with Crippen LogP contribution in [-0.4, -0.2) is 16.7 Å². The van der Waals surface area contributed by atoms with Crippen LogP contribution in [0.1, 0.15) is 26.7 Å². The molecule has 4 aromatic rings. The fourth-order valence-electron chi connectivity index (χ4n) is 3.55. The number of hydrogen-bond donors (Lipinski definition) is 2. The highest BCUT2D eigenvalue weighted by Crippen LogP contribution is 2.37. The van der Waals surface area contributed by atoms with Crippen molar-refractivity contribution in [3.05, 3.63) is 130 Å². The Morgan fingerprint density at radius 2 is 1.36 bits per heavy atom. The Kier molecular flexibility index (Phi) is 7.77. The standard InChI is InChI=1S/C28H23N3O4S/c1-19-7-5-6-10-25(19)27(32)29-22-13-17-24(18-14-22)36-26(20-8-3-2-4-9-20)28(33)30-21-11-15-23(16-12-21)31(34)35/h2-18,26H,1H3,(H,29,32)(H,30,33). The molecule has 0 aliphatic rings. The number of thioether (sulfide) groups is 1. The molecule has 7 nitrogen and oxygen atoms in total. The van der Waals surface area contributed by atoms with E-state index in [2.05, 4.69) is 10.6 Å². The molecule has 1 unspecified atom stereocenters. The van der Waals surface area contributed by atoms with Gasteiger partial charge < -0.3 is 10.6 Å². The van der Waals surface area contributed by atoms with E-state index < -0.39 is 10.2 Å². The lowest BCUT2D eigenvalue weighted by atomic mass is 10.1. The number of non-ortho nitro benzene ring substituents is 1. The Morgan fingerprint density at radius 3 is 2.00 bits per heavy atom. The number of nitro groups is 1. The van der Waals surface area contributed by atoms with E-state index in [0.29, 0.717) is 16.9 Å². The maximum Gasteiger partial charge on any atom is 0.269 e. The van der Waals surface area contributed by atoms with Crippen LogP contribution in [0.25, 0.3) is 0 Å². The molecule has 2 N–H and O–H groups in total. The summed E-state index contributed by atoms with van der Waals surface area (Å²) in [5, 5.41) is 16.1. The molecule has 180 valence electrons.